The minimum atomic E-state index is -0.324. The molecule has 1 aromatic carbocycles. The lowest BCUT2D eigenvalue weighted by Crippen LogP contribution is -2.26. The molecule has 3 aromatic rings. The molecule has 0 bridgehead atoms. The van der Waals surface area contributed by atoms with Crippen molar-refractivity contribution in [2.45, 2.75) is 65.3 Å². The molecule has 36 heavy (non-hydrogen) atoms. The lowest BCUT2D eigenvalue weighted by atomic mass is 9.72. The third-order valence-electron chi connectivity index (χ3n) is 6.48. The van der Waals surface area contributed by atoms with E-state index in [2.05, 4.69) is 42.4 Å². The molecule has 2 heterocycles. The highest BCUT2D eigenvalue weighted by Crippen LogP contribution is 2.44. The van der Waals surface area contributed by atoms with Gasteiger partial charge in [0.1, 0.15) is 29.2 Å². The summed E-state index contributed by atoms with van der Waals surface area (Å²) in [5.41, 5.74) is 1.92. The third kappa shape index (κ3) is 5.90. The molecule has 0 fully saturated rings. The van der Waals surface area contributed by atoms with E-state index < -0.39 is 0 Å². The molecule has 7 nitrogen and oxygen atoms in total. The number of thioether (sulfide) groups is 1. The summed E-state index contributed by atoms with van der Waals surface area (Å²) in [5, 5.41) is 22.4. The van der Waals surface area contributed by atoms with Crippen molar-refractivity contribution in [3.05, 3.63) is 51.9 Å². The van der Waals surface area contributed by atoms with Gasteiger partial charge in [0.05, 0.1) is 11.3 Å². The van der Waals surface area contributed by atoms with E-state index >= 15 is 0 Å². The van der Waals surface area contributed by atoms with E-state index in [0.717, 1.165) is 24.8 Å². The first kappa shape index (κ1) is 26.2. The van der Waals surface area contributed by atoms with Crippen LogP contribution < -0.4 is 10.1 Å². The lowest BCUT2D eigenvalue weighted by Gasteiger charge is -2.33. The van der Waals surface area contributed by atoms with Gasteiger partial charge in [0, 0.05) is 11.4 Å². The van der Waals surface area contributed by atoms with Gasteiger partial charge in [0.15, 0.2) is 11.0 Å². The van der Waals surface area contributed by atoms with Gasteiger partial charge in [-0.05, 0) is 67.3 Å². The van der Waals surface area contributed by atoms with Gasteiger partial charge in [-0.25, -0.2) is 4.39 Å². The maximum absolute atomic E-state index is 13.1. The monoisotopic (exact) mass is 527 g/mol. The number of aromatic nitrogens is 3. The van der Waals surface area contributed by atoms with E-state index in [-0.39, 0.29) is 29.5 Å². The van der Waals surface area contributed by atoms with Crippen LogP contribution in [0.4, 0.5) is 9.39 Å². The molecule has 190 valence electrons. The smallest absolute Gasteiger partial charge is 0.235 e. The van der Waals surface area contributed by atoms with Crippen LogP contribution in [-0.2, 0) is 30.8 Å². The number of ether oxygens (including phenoxy) is 1. The zero-order valence-electron chi connectivity index (χ0n) is 20.9. The number of rotatable bonds is 8. The summed E-state index contributed by atoms with van der Waals surface area (Å²) in [6, 6.07) is 8.11. The van der Waals surface area contributed by atoms with Crippen LogP contribution in [-0.4, -0.2) is 26.4 Å². The Balaban J connectivity index is 1.37. The number of carbonyl (C=O) groups excluding carboxylic acids is 1. The fourth-order valence-electron chi connectivity index (χ4n) is 4.35. The van der Waals surface area contributed by atoms with Crippen molar-refractivity contribution in [2.24, 2.45) is 11.3 Å². The second-order valence-corrected chi connectivity index (χ2v) is 11.9. The SMILES string of the molecule is CCn1c(COc2ccc(F)cc2)nnc1SCC(=O)Nc1sc2c(c1C#N)CCC(C(C)(C)C)C2. The first-order valence-corrected chi connectivity index (χ1v) is 13.8. The van der Waals surface area contributed by atoms with E-state index in [0.29, 0.717) is 39.8 Å². The van der Waals surface area contributed by atoms with Crippen LogP contribution in [0.5, 0.6) is 5.75 Å². The van der Waals surface area contributed by atoms with Gasteiger partial charge in [-0.3, -0.25) is 4.79 Å². The van der Waals surface area contributed by atoms with Crippen molar-refractivity contribution in [3.63, 3.8) is 0 Å². The van der Waals surface area contributed by atoms with Crippen molar-refractivity contribution in [1.29, 1.82) is 5.26 Å². The number of amides is 1. The molecule has 4 rings (SSSR count). The summed E-state index contributed by atoms with van der Waals surface area (Å²) < 4.78 is 20.7. The van der Waals surface area contributed by atoms with Crippen molar-refractivity contribution in [1.82, 2.24) is 14.8 Å². The molecular weight excluding hydrogens is 497 g/mol. The molecule has 0 spiro atoms. The highest BCUT2D eigenvalue weighted by Gasteiger charge is 2.32. The topological polar surface area (TPSA) is 92.8 Å². The van der Waals surface area contributed by atoms with Crippen molar-refractivity contribution >= 4 is 34.0 Å². The molecule has 1 N–H and O–H groups in total. The Labute approximate surface area is 219 Å². The summed E-state index contributed by atoms with van der Waals surface area (Å²) in [6.07, 6.45) is 2.89. The molecule has 1 atom stereocenters. The van der Waals surface area contributed by atoms with Gasteiger partial charge in [-0.15, -0.1) is 21.5 Å². The minimum absolute atomic E-state index is 0.148. The van der Waals surface area contributed by atoms with Crippen molar-refractivity contribution in [3.8, 4) is 11.8 Å². The Kier molecular flexibility index (Phi) is 8.00. The minimum Gasteiger partial charge on any atom is -0.486 e. The number of nitriles is 1. The fraction of sp³-hybridized carbons (Fsp3) is 0.462. The van der Waals surface area contributed by atoms with Crippen LogP contribution in [0.25, 0.3) is 0 Å². The number of hydrogen-bond donors (Lipinski definition) is 1. The molecule has 0 saturated carbocycles. The van der Waals surface area contributed by atoms with Crippen LogP contribution in [0.2, 0.25) is 0 Å². The Morgan fingerprint density at radius 2 is 2.08 bits per heavy atom. The van der Waals surface area contributed by atoms with Gasteiger partial charge < -0.3 is 14.6 Å². The van der Waals surface area contributed by atoms with E-state index in [9.17, 15) is 14.4 Å². The predicted molar refractivity (Wildman–Crippen MR) is 140 cm³/mol. The maximum Gasteiger partial charge on any atom is 0.235 e. The summed E-state index contributed by atoms with van der Waals surface area (Å²) >= 11 is 2.83. The van der Waals surface area contributed by atoms with E-state index in [1.54, 1.807) is 12.1 Å². The number of fused-ring (bicyclic) bond motifs is 1. The second-order valence-electron chi connectivity index (χ2n) is 9.85. The highest BCUT2D eigenvalue weighted by molar-refractivity contribution is 7.99. The second kappa shape index (κ2) is 11.0. The average molecular weight is 528 g/mol. The zero-order valence-corrected chi connectivity index (χ0v) is 22.6. The number of thiophene rings is 1. The number of hydrogen-bond acceptors (Lipinski definition) is 7. The summed E-state index contributed by atoms with van der Waals surface area (Å²) in [5.74, 6) is 1.37. The largest absolute Gasteiger partial charge is 0.486 e. The number of nitrogens with one attached hydrogen (secondary N) is 1. The first-order chi connectivity index (χ1) is 17.2. The summed E-state index contributed by atoms with van der Waals surface area (Å²) in [6.45, 7) is 9.55. The Morgan fingerprint density at radius 1 is 1.33 bits per heavy atom. The summed E-state index contributed by atoms with van der Waals surface area (Å²) in [7, 11) is 0. The predicted octanol–water partition coefficient (Wildman–Crippen LogP) is 5.83. The fourth-order valence-corrected chi connectivity index (χ4v) is 6.47. The van der Waals surface area contributed by atoms with Crippen molar-refractivity contribution in [2.75, 3.05) is 11.1 Å². The summed E-state index contributed by atoms with van der Waals surface area (Å²) in [4.78, 5) is 14.0. The molecule has 1 aliphatic carbocycles. The first-order valence-electron chi connectivity index (χ1n) is 12.0. The number of nitrogens with zero attached hydrogens (tertiary/aromatic N) is 4. The van der Waals surface area contributed by atoms with Crippen LogP contribution in [0.15, 0.2) is 29.4 Å². The standard InChI is InChI=1S/C26H30FN5O2S2/c1-5-32-22(14-34-18-9-7-17(27)8-10-18)30-31-25(32)35-15-23(33)29-24-20(13-28)19-11-6-16(26(2,3)4)12-21(19)36-24/h7-10,16H,5-6,11-12,14-15H2,1-4H3,(H,29,33). The van der Waals surface area contributed by atoms with E-state index in [1.807, 2.05) is 11.5 Å². The van der Waals surface area contributed by atoms with Gasteiger partial charge in [0.2, 0.25) is 5.91 Å². The van der Waals surface area contributed by atoms with Crippen molar-refractivity contribution < 1.29 is 13.9 Å². The Morgan fingerprint density at radius 3 is 2.75 bits per heavy atom. The molecule has 1 aliphatic rings. The van der Waals surface area contributed by atoms with Gasteiger partial charge in [0.25, 0.3) is 0 Å². The molecule has 10 heteroatoms. The van der Waals surface area contributed by atoms with Crippen LogP contribution >= 0.6 is 23.1 Å². The average Bonchev–Trinajstić information content (AvgIpc) is 3.40. The Bertz CT molecular complexity index is 1270. The molecule has 1 unspecified atom stereocenters. The Hall–Kier alpha value is -2.90. The van der Waals surface area contributed by atoms with Crippen LogP contribution in [0, 0.1) is 28.5 Å². The third-order valence-corrected chi connectivity index (χ3v) is 8.61. The van der Waals surface area contributed by atoms with Gasteiger partial charge in [-0.1, -0.05) is 32.5 Å². The quantitative estimate of drug-likeness (QED) is 0.371. The van der Waals surface area contributed by atoms with Gasteiger partial charge in [-0.2, -0.15) is 5.26 Å². The normalized spacial score (nSPS) is 15.3. The number of halogens is 1. The molecule has 0 radical (unpaired) electrons. The molecule has 1 amide bonds. The highest BCUT2D eigenvalue weighted by atomic mass is 32.2. The molecule has 0 saturated heterocycles. The van der Waals surface area contributed by atoms with Crippen LogP contribution in [0.1, 0.15) is 55.9 Å². The number of benzene rings is 1. The molecule has 2 aromatic heterocycles. The number of anilines is 1. The van der Waals surface area contributed by atoms with Gasteiger partial charge >= 0.3 is 0 Å². The van der Waals surface area contributed by atoms with Crippen LogP contribution in [0.3, 0.4) is 0 Å². The van der Waals surface area contributed by atoms with E-state index in [1.165, 1.54) is 40.1 Å². The number of carbonyl (C=O) groups is 1. The zero-order chi connectivity index (χ0) is 25.9. The lowest BCUT2D eigenvalue weighted by molar-refractivity contribution is -0.113. The molecule has 0 aliphatic heterocycles. The maximum atomic E-state index is 13.1. The molecular formula is C26H30FN5O2S2. The van der Waals surface area contributed by atoms with E-state index in [4.69, 9.17) is 4.74 Å².